The minimum absolute atomic E-state index is 0.183. The van der Waals surface area contributed by atoms with E-state index in [0.29, 0.717) is 23.7 Å². The Morgan fingerprint density at radius 3 is 2.54 bits per heavy atom. The van der Waals surface area contributed by atoms with Crippen molar-refractivity contribution in [3.05, 3.63) is 58.1 Å². The first-order valence-corrected chi connectivity index (χ1v) is 10.1. The van der Waals surface area contributed by atoms with Gasteiger partial charge in [-0.15, -0.1) is 0 Å². The van der Waals surface area contributed by atoms with Crippen molar-refractivity contribution in [2.45, 2.75) is 46.1 Å². The van der Waals surface area contributed by atoms with Crippen LogP contribution in [-0.4, -0.2) is 28.4 Å². The van der Waals surface area contributed by atoms with Crippen LogP contribution in [0.25, 0.3) is 11.1 Å². The molecular weight excluding hydrogens is 374 g/mol. The summed E-state index contributed by atoms with van der Waals surface area (Å²) >= 11 is 6.31. The third-order valence-corrected chi connectivity index (χ3v) is 5.56. The largest absolute Gasteiger partial charge is 0.481 e. The van der Waals surface area contributed by atoms with Crippen molar-refractivity contribution in [1.29, 1.82) is 0 Å². The number of carboxylic acid groups (broad SMARTS) is 1. The molecule has 0 radical (unpaired) electrons. The molecule has 0 saturated heterocycles. The maximum absolute atomic E-state index is 12.6. The van der Waals surface area contributed by atoms with Crippen LogP contribution in [0.2, 0.25) is 5.02 Å². The van der Waals surface area contributed by atoms with E-state index in [0.717, 1.165) is 35.1 Å². The number of benzene rings is 2. The molecule has 148 valence electrons. The van der Waals surface area contributed by atoms with Crippen molar-refractivity contribution in [1.82, 2.24) is 4.90 Å². The first-order chi connectivity index (χ1) is 13.3. The van der Waals surface area contributed by atoms with Gasteiger partial charge in [0.2, 0.25) is 5.91 Å². The van der Waals surface area contributed by atoms with Crippen molar-refractivity contribution >= 4 is 23.5 Å². The van der Waals surface area contributed by atoms with Crippen LogP contribution in [0.15, 0.2) is 36.4 Å². The van der Waals surface area contributed by atoms with Crippen LogP contribution in [0, 0.1) is 12.8 Å². The average molecular weight is 400 g/mol. The molecule has 4 nitrogen and oxygen atoms in total. The number of carbonyl (C=O) groups is 2. The zero-order valence-corrected chi connectivity index (χ0v) is 17.3. The topological polar surface area (TPSA) is 57.6 Å². The van der Waals surface area contributed by atoms with Crippen LogP contribution < -0.4 is 0 Å². The summed E-state index contributed by atoms with van der Waals surface area (Å²) in [7, 11) is 0. The molecule has 2 aromatic rings. The van der Waals surface area contributed by atoms with Crippen molar-refractivity contribution in [2.75, 3.05) is 6.54 Å². The Morgan fingerprint density at radius 1 is 1.21 bits per heavy atom. The summed E-state index contributed by atoms with van der Waals surface area (Å²) in [6, 6.07) is 11.6. The minimum atomic E-state index is -0.885. The number of aliphatic carboxylic acids is 1. The van der Waals surface area contributed by atoms with Gasteiger partial charge in [0, 0.05) is 24.0 Å². The number of carbonyl (C=O) groups excluding carboxylic acids is 1. The summed E-state index contributed by atoms with van der Waals surface area (Å²) in [4.78, 5) is 25.9. The van der Waals surface area contributed by atoms with E-state index in [1.165, 1.54) is 0 Å². The van der Waals surface area contributed by atoms with Gasteiger partial charge in [0.25, 0.3) is 0 Å². The van der Waals surface area contributed by atoms with Crippen molar-refractivity contribution in [3.8, 4) is 11.1 Å². The quantitative estimate of drug-likeness (QED) is 0.690. The second kappa shape index (κ2) is 8.36. The van der Waals surface area contributed by atoms with Gasteiger partial charge in [0.05, 0.1) is 5.92 Å². The van der Waals surface area contributed by atoms with Crippen molar-refractivity contribution < 1.29 is 14.7 Å². The molecule has 0 spiro atoms. The molecule has 0 heterocycles. The highest BCUT2D eigenvalue weighted by atomic mass is 35.5. The molecule has 0 bridgehead atoms. The molecule has 1 atom stereocenters. The van der Waals surface area contributed by atoms with Crippen LogP contribution in [-0.2, 0) is 16.1 Å². The number of halogens is 1. The van der Waals surface area contributed by atoms with Gasteiger partial charge in [0.15, 0.2) is 0 Å². The van der Waals surface area contributed by atoms with Gasteiger partial charge in [-0.1, -0.05) is 41.4 Å². The number of rotatable bonds is 7. The Balaban J connectivity index is 2.00. The minimum Gasteiger partial charge on any atom is -0.481 e. The average Bonchev–Trinajstić information content (AvgIpc) is 3.49. The molecule has 1 N–H and O–H groups in total. The molecule has 5 heteroatoms. The summed E-state index contributed by atoms with van der Waals surface area (Å²) in [5.41, 5.74) is 4.69. The Kier molecular flexibility index (Phi) is 6.09. The molecule has 1 aliphatic rings. The van der Waals surface area contributed by atoms with Crippen LogP contribution in [0.3, 0.4) is 0 Å². The molecule has 1 amide bonds. The summed E-state index contributed by atoms with van der Waals surface area (Å²) in [5.74, 6) is -1.12. The smallest absolute Gasteiger partial charge is 0.310 e. The molecule has 1 fully saturated rings. The Morgan fingerprint density at radius 2 is 1.93 bits per heavy atom. The monoisotopic (exact) mass is 399 g/mol. The lowest BCUT2D eigenvalue weighted by atomic mass is 9.93. The van der Waals surface area contributed by atoms with E-state index >= 15 is 0 Å². The van der Waals surface area contributed by atoms with Gasteiger partial charge in [-0.2, -0.15) is 0 Å². The van der Waals surface area contributed by atoms with Gasteiger partial charge in [-0.3, -0.25) is 9.59 Å². The zero-order valence-electron chi connectivity index (χ0n) is 16.5. The second-order valence-corrected chi connectivity index (χ2v) is 8.06. The van der Waals surface area contributed by atoms with Crippen molar-refractivity contribution in [2.24, 2.45) is 5.92 Å². The van der Waals surface area contributed by atoms with Gasteiger partial charge >= 0.3 is 5.97 Å². The standard InChI is InChI=1S/C23H26ClNO3/c1-4-25(22(26)16-6-7-16)13-19-9-14(2)5-8-21(19)18-10-17(11-20(24)12-18)15(3)23(27)28/h5,8-12,15-16H,4,6-7,13H2,1-3H3,(H,27,28). The van der Waals surface area contributed by atoms with E-state index in [9.17, 15) is 14.7 Å². The Bertz CT molecular complexity index is 905. The normalized spacial score (nSPS) is 14.6. The van der Waals surface area contributed by atoms with E-state index in [2.05, 4.69) is 6.07 Å². The molecule has 1 aliphatic carbocycles. The highest BCUT2D eigenvalue weighted by Gasteiger charge is 2.33. The molecule has 28 heavy (non-hydrogen) atoms. The van der Waals surface area contributed by atoms with Crippen LogP contribution in [0.5, 0.6) is 0 Å². The molecule has 1 unspecified atom stereocenters. The van der Waals surface area contributed by atoms with Gasteiger partial charge < -0.3 is 10.0 Å². The van der Waals surface area contributed by atoms with Crippen molar-refractivity contribution in [3.63, 3.8) is 0 Å². The predicted molar refractivity (Wildman–Crippen MR) is 111 cm³/mol. The van der Waals surface area contributed by atoms with E-state index in [4.69, 9.17) is 11.6 Å². The zero-order chi connectivity index (χ0) is 20.4. The fourth-order valence-electron chi connectivity index (χ4n) is 3.44. The lowest BCUT2D eigenvalue weighted by Crippen LogP contribution is -2.31. The predicted octanol–water partition coefficient (Wildman–Crippen LogP) is 5.26. The number of nitrogens with zero attached hydrogens (tertiary/aromatic N) is 1. The molecular formula is C23H26ClNO3. The lowest BCUT2D eigenvalue weighted by molar-refractivity contribution is -0.138. The van der Waals surface area contributed by atoms with Gasteiger partial charge in [-0.05, 0) is 68.0 Å². The number of amides is 1. The number of carboxylic acids is 1. The fraction of sp³-hybridized carbons (Fsp3) is 0.391. The number of hydrogen-bond acceptors (Lipinski definition) is 2. The van der Waals surface area contributed by atoms with Gasteiger partial charge in [0.1, 0.15) is 0 Å². The van der Waals surface area contributed by atoms with E-state index in [-0.39, 0.29) is 11.8 Å². The summed E-state index contributed by atoms with van der Waals surface area (Å²) < 4.78 is 0. The first-order valence-electron chi connectivity index (χ1n) is 9.72. The molecule has 0 aromatic heterocycles. The highest BCUT2D eigenvalue weighted by molar-refractivity contribution is 6.31. The molecule has 0 aliphatic heterocycles. The highest BCUT2D eigenvalue weighted by Crippen LogP contribution is 2.34. The molecule has 2 aromatic carbocycles. The van der Waals surface area contributed by atoms with Crippen LogP contribution >= 0.6 is 11.6 Å². The summed E-state index contributed by atoms with van der Waals surface area (Å²) in [5, 5.41) is 9.87. The van der Waals surface area contributed by atoms with E-state index in [1.807, 2.05) is 43.0 Å². The first kappa shape index (κ1) is 20.4. The number of hydrogen-bond donors (Lipinski definition) is 1. The van der Waals surface area contributed by atoms with E-state index in [1.54, 1.807) is 13.0 Å². The fourth-order valence-corrected chi connectivity index (χ4v) is 3.68. The Hall–Kier alpha value is -2.33. The number of aryl methyl sites for hydroxylation is 1. The maximum atomic E-state index is 12.6. The molecule has 1 saturated carbocycles. The lowest BCUT2D eigenvalue weighted by Gasteiger charge is -2.23. The summed E-state index contributed by atoms with van der Waals surface area (Å²) in [6.07, 6.45) is 1.97. The van der Waals surface area contributed by atoms with Gasteiger partial charge in [-0.25, -0.2) is 0 Å². The van der Waals surface area contributed by atoms with E-state index < -0.39 is 11.9 Å². The Labute approximate surface area is 171 Å². The van der Waals surface area contributed by atoms with Crippen LogP contribution in [0.1, 0.15) is 49.3 Å². The third kappa shape index (κ3) is 4.56. The SMILES string of the molecule is CCN(Cc1cc(C)ccc1-c1cc(Cl)cc(C(C)C(=O)O)c1)C(=O)C1CC1. The molecule has 3 rings (SSSR count). The second-order valence-electron chi connectivity index (χ2n) is 7.62. The summed E-state index contributed by atoms with van der Waals surface area (Å²) in [6.45, 7) is 6.89. The maximum Gasteiger partial charge on any atom is 0.310 e. The third-order valence-electron chi connectivity index (χ3n) is 5.34. The van der Waals surface area contributed by atoms with Crippen LogP contribution in [0.4, 0.5) is 0 Å².